The molecule has 1 amide bonds. The summed E-state index contributed by atoms with van der Waals surface area (Å²) in [5, 5.41) is 8.94. The Morgan fingerprint density at radius 3 is 2.68 bits per heavy atom. The number of hydrogen-bond acceptors (Lipinski definition) is 4. The van der Waals surface area contributed by atoms with E-state index in [4.69, 9.17) is 0 Å². The number of carbonyl (C=O) groups excluding carboxylic acids is 1. The van der Waals surface area contributed by atoms with Gasteiger partial charge >= 0.3 is 0 Å². The van der Waals surface area contributed by atoms with Gasteiger partial charge in [-0.2, -0.15) is 0 Å². The van der Waals surface area contributed by atoms with Crippen LogP contribution in [0.5, 0.6) is 0 Å². The van der Waals surface area contributed by atoms with Gasteiger partial charge in [-0.25, -0.2) is 0 Å². The predicted molar refractivity (Wildman–Crippen MR) is 95.9 cm³/mol. The molecule has 4 rings (SSSR count). The highest BCUT2D eigenvalue weighted by atomic mass is 16.2. The van der Waals surface area contributed by atoms with Crippen LogP contribution < -0.4 is 0 Å². The molecule has 2 fully saturated rings. The summed E-state index contributed by atoms with van der Waals surface area (Å²) in [4.78, 5) is 17.3. The molecule has 1 aromatic heterocycles. The molecule has 6 heteroatoms. The fourth-order valence-electron chi connectivity index (χ4n) is 4.82. The van der Waals surface area contributed by atoms with E-state index in [1.807, 2.05) is 0 Å². The van der Waals surface area contributed by atoms with Gasteiger partial charge in [0.15, 0.2) is 5.82 Å². The van der Waals surface area contributed by atoms with Gasteiger partial charge in [0.25, 0.3) is 0 Å². The number of carbonyl (C=O) groups is 1. The van der Waals surface area contributed by atoms with Crippen LogP contribution in [0.25, 0.3) is 0 Å². The van der Waals surface area contributed by atoms with Crippen LogP contribution in [0.4, 0.5) is 0 Å². The van der Waals surface area contributed by atoms with Gasteiger partial charge in [0, 0.05) is 26.1 Å². The third-order valence-electron chi connectivity index (χ3n) is 6.34. The molecule has 0 radical (unpaired) electrons. The summed E-state index contributed by atoms with van der Waals surface area (Å²) < 4.78 is 2.27. The van der Waals surface area contributed by atoms with E-state index < -0.39 is 0 Å². The van der Waals surface area contributed by atoms with Crippen LogP contribution in [0.15, 0.2) is 0 Å². The second-order valence-electron chi connectivity index (χ2n) is 8.15. The number of piperidine rings is 1. The molecule has 1 aliphatic carbocycles. The molecule has 3 aliphatic rings. The monoisotopic (exact) mass is 345 g/mol. The van der Waals surface area contributed by atoms with Crippen LogP contribution in [0.1, 0.15) is 75.5 Å². The highest BCUT2D eigenvalue weighted by molar-refractivity contribution is 5.76. The Bertz CT molecular complexity index is 607. The molecule has 2 aliphatic heterocycles. The van der Waals surface area contributed by atoms with E-state index in [2.05, 4.69) is 31.6 Å². The van der Waals surface area contributed by atoms with Gasteiger partial charge in [0.2, 0.25) is 5.91 Å². The summed E-state index contributed by atoms with van der Waals surface area (Å²) in [6.45, 7) is 3.71. The lowest BCUT2D eigenvalue weighted by Crippen LogP contribution is -2.40. The van der Waals surface area contributed by atoms with Gasteiger partial charge in [-0.1, -0.05) is 25.7 Å². The summed E-state index contributed by atoms with van der Waals surface area (Å²) in [5.41, 5.74) is 0. The molecule has 138 valence electrons. The first-order chi connectivity index (χ1) is 12.2. The largest absolute Gasteiger partial charge is 0.332 e. The molecule has 6 nitrogen and oxygen atoms in total. The van der Waals surface area contributed by atoms with Crippen molar-refractivity contribution in [3.63, 3.8) is 0 Å². The molecule has 0 aromatic carbocycles. The number of hydrogen-bond donors (Lipinski definition) is 0. The lowest BCUT2D eigenvalue weighted by atomic mass is 9.98. The third kappa shape index (κ3) is 3.59. The van der Waals surface area contributed by atoms with E-state index in [1.54, 1.807) is 0 Å². The number of amides is 1. The van der Waals surface area contributed by atoms with Gasteiger partial charge in [0.05, 0.1) is 12.6 Å². The predicted octanol–water partition coefficient (Wildman–Crippen LogP) is 2.75. The zero-order chi connectivity index (χ0) is 17.2. The maximum atomic E-state index is 12.9. The molecule has 3 heterocycles. The average Bonchev–Trinajstić information content (AvgIpc) is 3.29. The maximum absolute atomic E-state index is 12.9. The Hall–Kier alpha value is -1.43. The van der Waals surface area contributed by atoms with Crippen LogP contribution in [0.3, 0.4) is 0 Å². The van der Waals surface area contributed by atoms with Crippen molar-refractivity contribution in [3.8, 4) is 0 Å². The first-order valence-corrected chi connectivity index (χ1v) is 10.1. The summed E-state index contributed by atoms with van der Waals surface area (Å²) in [7, 11) is 2.12. The molecule has 0 spiro atoms. The molecule has 0 bridgehead atoms. The van der Waals surface area contributed by atoms with E-state index in [1.165, 1.54) is 32.1 Å². The number of aromatic nitrogens is 3. The zero-order valence-corrected chi connectivity index (χ0v) is 15.5. The van der Waals surface area contributed by atoms with Crippen LogP contribution in [0, 0.1) is 5.92 Å². The molecule has 1 saturated heterocycles. The van der Waals surface area contributed by atoms with Crippen molar-refractivity contribution in [2.45, 2.75) is 76.9 Å². The van der Waals surface area contributed by atoms with Crippen molar-refractivity contribution < 1.29 is 4.79 Å². The Kier molecular flexibility index (Phi) is 5.06. The lowest BCUT2D eigenvalue weighted by Gasteiger charge is -2.36. The van der Waals surface area contributed by atoms with E-state index >= 15 is 0 Å². The first kappa shape index (κ1) is 17.0. The molecule has 25 heavy (non-hydrogen) atoms. The van der Waals surface area contributed by atoms with Gasteiger partial charge in [-0.05, 0) is 38.6 Å². The van der Waals surface area contributed by atoms with Gasteiger partial charge < -0.3 is 9.47 Å². The van der Waals surface area contributed by atoms with Crippen molar-refractivity contribution in [2.24, 2.45) is 5.92 Å². The second-order valence-corrected chi connectivity index (χ2v) is 8.15. The molecule has 1 aromatic rings. The number of nitrogens with zero attached hydrogens (tertiary/aromatic N) is 5. The molecule has 1 saturated carbocycles. The summed E-state index contributed by atoms with van der Waals surface area (Å²) in [6.07, 6.45) is 10.5. The minimum atomic E-state index is 0.134. The fourth-order valence-corrected chi connectivity index (χ4v) is 4.82. The van der Waals surface area contributed by atoms with Crippen LogP contribution in [0.2, 0.25) is 0 Å². The maximum Gasteiger partial charge on any atom is 0.223 e. The summed E-state index contributed by atoms with van der Waals surface area (Å²) in [5.74, 6) is 3.19. The lowest BCUT2D eigenvalue weighted by molar-refractivity contribution is -0.135. The van der Waals surface area contributed by atoms with Gasteiger partial charge in [-0.15, -0.1) is 10.2 Å². The van der Waals surface area contributed by atoms with E-state index in [-0.39, 0.29) is 6.04 Å². The summed E-state index contributed by atoms with van der Waals surface area (Å²) >= 11 is 0. The van der Waals surface area contributed by atoms with Crippen molar-refractivity contribution in [1.29, 1.82) is 0 Å². The highest BCUT2D eigenvalue weighted by Crippen LogP contribution is 2.33. The number of likely N-dealkylation sites (tertiary alicyclic amines) is 1. The van der Waals surface area contributed by atoms with Crippen LogP contribution in [-0.2, 0) is 17.9 Å². The highest BCUT2D eigenvalue weighted by Gasteiger charge is 2.33. The van der Waals surface area contributed by atoms with Crippen molar-refractivity contribution in [3.05, 3.63) is 11.6 Å². The molecule has 0 N–H and O–H groups in total. The third-order valence-corrected chi connectivity index (χ3v) is 6.34. The van der Waals surface area contributed by atoms with Crippen molar-refractivity contribution in [1.82, 2.24) is 24.6 Å². The van der Waals surface area contributed by atoms with Crippen LogP contribution in [-0.4, -0.2) is 50.6 Å². The van der Waals surface area contributed by atoms with Gasteiger partial charge in [0.1, 0.15) is 5.82 Å². The first-order valence-electron chi connectivity index (χ1n) is 10.1. The Labute approximate surface area is 150 Å². The smallest absolute Gasteiger partial charge is 0.223 e. The SMILES string of the molecule is CN1CCn2c(nnc2[C@@H]2CCCCN2C(=O)CCC2CCCC2)C1. The molecular formula is C19H31N5O. The number of fused-ring (bicyclic) bond motifs is 1. The number of rotatable bonds is 4. The fraction of sp³-hybridized carbons (Fsp3) is 0.842. The van der Waals surface area contributed by atoms with Gasteiger partial charge in [-0.3, -0.25) is 9.69 Å². The Morgan fingerprint density at radius 1 is 1.04 bits per heavy atom. The quantitative estimate of drug-likeness (QED) is 0.842. The molecule has 1 atom stereocenters. The number of likely N-dealkylation sites (N-methyl/N-ethyl adjacent to an activating group) is 1. The van der Waals surface area contributed by atoms with Crippen LogP contribution >= 0.6 is 0 Å². The standard InChI is InChI=1S/C19H31N5O/c1-22-12-13-24-17(14-22)20-21-19(24)16-8-4-5-11-23(16)18(25)10-9-15-6-2-3-7-15/h15-16H,2-14H2,1H3/t16-/m0/s1. The zero-order valence-electron chi connectivity index (χ0n) is 15.5. The van der Waals surface area contributed by atoms with E-state index in [0.29, 0.717) is 12.3 Å². The van der Waals surface area contributed by atoms with E-state index in [9.17, 15) is 4.79 Å². The second kappa shape index (κ2) is 7.44. The Morgan fingerprint density at radius 2 is 1.84 bits per heavy atom. The van der Waals surface area contributed by atoms with E-state index in [0.717, 1.165) is 63.0 Å². The molecular weight excluding hydrogens is 314 g/mol. The average molecular weight is 345 g/mol. The topological polar surface area (TPSA) is 54.3 Å². The normalized spacial score (nSPS) is 25.3. The van der Waals surface area contributed by atoms with Crippen molar-refractivity contribution >= 4 is 5.91 Å². The van der Waals surface area contributed by atoms with Crippen molar-refractivity contribution in [2.75, 3.05) is 20.1 Å². The molecule has 0 unspecified atom stereocenters. The summed E-state index contributed by atoms with van der Waals surface area (Å²) in [6, 6.07) is 0.134. The Balaban J connectivity index is 1.46. The minimum absolute atomic E-state index is 0.134. The minimum Gasteiger partial charge on any atom is -0.332 e.